The molecule has 7 nitrogen and oxygen atoms in total. The maximum absolute atomic E-state index is 12.9. The first-order valence-electron chi connectivity index (χ1n) is 12.4. The van der Waals surface area contributed by atoms with E-state index in [4.69, 9.17) is 4.74 Å². The number of carbonyl (C=O) groups excluding carboxylic acids is 4. The Morgan fingerprint density at radius 2 is 1.69 bits per heavy atom. The molecule has 1 saturated carbocycles. The normalized spacial score (nSPS) is 26.3. The summed E-state index contributed by atoms with van der Waals surface area (Å²) in [5, 5.41) is 0. The number of hydrogen-bond donors (Lipinski definition) is 0. The lowest BCUT2D eigenvalue weighted by Crippen LogP contribution is -2.30. The molecule has 3 fully saturated rings. The van der Waals surface area contributed by atoms with Crippen molar-refractivity contribution in [2.24, 2.45) is 23.7 Å². The minimum Gasteiger partial charge on any atom is -0.426 e. The molecular formula is C28H30N2O5. The summed E-state index contributed by atoms with van der Waals surface area (Å²) in [6, 6.07) is 14.2. The number of rotatable bonds is 5. The molecule has 4 atom stereocenters. The van der Waals surface area contributed by atoms with Crippen LogP contribution < -0.4 is 14.5 Å². The molecule has 2 heterocycles. The lowest BCUT2D eigenvalue weighted by molar-refractivity contribution is -0.139. The van der Waals surface area contributed by atoms with Crippen LogP contribution in [0.1, 0.15) is 45.1 Å². The summed E-state index contributed by atoms with van der Waals surface area (Å²) >= 11 is 0. The summed E-state index contributed by atoms with van der Waals surface area (Å²) in [5.74, 6) is -1.06. The van der Waals surface area contributed by atoms with Crippen LogP contribution in [0.3, 0.4) is 0 Å². The largest absolute Gasteiger partial charge is 0.426 e. The standard InChI is InChI=1S/C28H30N2O5/c1-3-18-6-4-5-7-24(18)29-16-19(15-25(29)31)28(34)35-21-11-9-20(10-12-21)30-26(32)22-13-8-17(2)14-23(22)27(30)33/h4-7,9-12,17,19,22-23H,3,8,13-16H2,1-2H3/t17-,19+,22+,23+/m0/s1. The number of amides is 3. The average Bonchev–Trinajstić information content (AvgIpc) is 3.36. The molecule has 2 aliphatic heterocycles. The molecule has 2 saturated heterocycles. The van der Waals surface area contributed by atoms with Crippen LogP contribution in [0.15, 0.2) is 48.5 Å². The van der Waals surface area contributed by atoms with Crippen LogP contribution in [-0.4, -0.2) is 30.2 Å². The highest BCUT2D eigenvalue weighted by molar-refractivity contribution is 6.22. The number of imide groups is 1. The summed E-state index contributed by atoms with van der Waals surface area (Å²) in [6.07, 6.45) is 3.37. The maximum atomic E-state index is 12.9. The molecule has 2 aromatic carbocycles. The Kier molecular flexibility index (Phi) is 6.17. The summed E-state index contributed by atoms with van der Waals surface area (Å²) < 4.78 is 5.56. The van der Waals surface area contributed by atoms with E-state index in [0.717, 1.165) is 36.9 Å². The van der Waals surface area contributed by atoms with Crippen LogP contribution in [0, 0.1) is 23.7 Å². The fourth-order valence-electron chi connectivity index (χ4n) is 5.68. The molecule has 0 unspecified atom stereocenters. The van der Waals surface area contributed by atoms with Gasteiger partial charge in [0.05, 0.1) is 23.4 Å². The van der Waals surface area contributed by atoms with E-state index in [2.05, 4.69) is 6.92 Å². The molecule has 3 aliphatic rings. The van der Waals surface area contributed by atoms with Crippen molar-refractivity contribution in [1.82, 2.24) is 0 Å². The molecule has 0 radical (unpaired) electrons. The van der Waals surface area contributed by atoms with E-state index >= 15 is 0 Å². The molecule has 0 bridgehead atoms. The van der Waals surface area contributed by atoms with E-state index in [0.29, 0.717) is 17.4 Å². The monoisotopic (exact) mass is 474 g/mol. The lowest BCUT2D eigenvalue weighted by Gasteiger charge is -2.25. The molecule has 35 heavy (non-hydrogen) atoms. The molecule has 5 rings (SSSR count). The second-order valence-corrected chi connectivity index (χ2v) is 9.95. The summed E-state index contributed by atoms with van der Waals surface area (Å²) in [6.45, 7) is 4.44. The van der Waals surface area contributed by atoms with Crippen molar-refractivity contribution in [2.75, 3.05) is 16.3 Å². The van der Waals surface area contributed by atoms with Crippen molar-refractivity contribution in [3.05, 3.63) is 54.1 Å². The Balaban J connectivity index is 1.25. The van der Waals surface area contributed by atoms with Gasteiger partial charge in [-0.05, 0) is 67.5 Å². The third kappa shape index (κ3) is 4.24. The van der Waals surface area contributed by atoms with Crippen molar-refractivity contribution in [3.8, 4) is 5.75 Å². The minimum atomic E-state index is -0.557. The van der Waals surface area contributed by atoms with Crippen molar-refractivity contribution in [3.63, 3.8) is 0 Å². The van der Waals surface area contributed by atoms with Crippen LogP contribution in [-0.2, 0) is 25.6 Å². The van der Waals surface area contributed by atoms with Crippen molar-refractivity contribution < 1.29 is 23.9 Å². The zero-order valence-electron chi connectivity index (χ0n) is 20.1. The van der Waals surface area contributed by atoms with Gasteiger partial charge in [0.1, 0.15) is 5.75 Å². The second-order valence-electron chi connectivity index (χ2n) is 9.95. The summed E-state index contributed by atoms with van der Waals surface area (Å²) in [5.41, 5.74) is 2.40. The SMILES string of the molecule is CCc1ccccc1N1C[C@H](C(=O)Oc2ccc(N3C(=O)[C@@H]4CC[C@H](C)C[C@H]4C3=O)cc2)CC1=O. The number of fused-ring (bicyclic) bond motifs is 1. The number of anilines is 2. The van der Waals surface area contributed by atoms with Crippen LogP contribution in [0.5, 0.6) is 5.75 Å². The number of aryl methyl sites for hydroxylation is 1. The first-order chi connectivity index (χ1) is 16.9. The Labute approximate surface area is 205 Å². The van der Waals surface area contributed by atoms with E-state index in [9.17, 15) is 19.2 Å². The highest BCUT2D eigenvalue weighted by atomic mass is 16.5. The summed E-state index contributed by atoms with van der Waals surface area (Å²) in [4.78, 5) is 54.3. The fourth-order valence-corrected chi connectivity index (χ4v) is 5.68. The Morgan fingerprint density at radius 1 is 0.971 bits per heavy atom. The molecule has 3 amide bonds. The lowest BCUT2D eigenvalue weighted by atomic mass is 9.76. The average molecular weight is 475 g/mol. The number of para-hydroxylation sites is 1. The van der Waals surface area contributed by atoms with Gasteiger partial charge in [0.15, 0.2) is 0 Å². The Morgan fingerprint density at radius 3 is 2.43 bits per heavy atom. The van der Waals surface area contributed by atoms with Gasteiger partial charge < -0.3 is 9.64 Å². The zero-order valence-corrected chi connectivity index (χ0v) is 20.1. The Bertz CT molecular complexity index is 1170. The van der Waals surface area contributed by atoms with E-state index in [1.807, 2.05) is 31.2 Å². The molecule has 2 aromatic rings. The minimum absolute atomic E-state index is 0.0926. The number of benzene rings is 2. The quantitative estimate of drug-likeness (QED) is 0.370. The van der Waals surface area contributed by atoms with Gasteiger partial charge in [-0.25, -0.2) is 0 Å². The van der Waals surface area contributed by atoms with Crippen LogP contribution in [0.4, 0.5) is 11.4 Å². The molecule has 182 valence electrons. The molecule has 1 aliphatic carbocycles. The van der Waals surface area contributed by atoms with E-state index in [-0.39, 0.29) is 42.5 Å². The fraction of sp³-hybridized carbons (Fsp3) is 0.429. The van der Waals surface area contributed by atoms with Crippen molar-refractivity contribution >= 4 is 35.1 Å². The van der Waals surface area contributed by atoms with E-state index in [1.165, 1.54) is 4.90 Å². The number of nitrogens with zero attached hydrogens (tertiary/aromatic N) is 2. The Hall–Kier alpha value is -3.48. The predicted molar refractivity (Wildman–Crippen MR) is 131 cm³/mol. The first kappa shape index (κ1) is 23.3. The van der Waals surface area contributed by atoms with Crippen molar-refractivity contribution in [1.29, 1.82) is 0 Å². The third-order valence-electron chi connectivity index (χ3n) is 7.62. The molecule has 0 aromatic heterocycles. The van der Waals surface area contributed by atoms with Gasteiger partial charge in [0, 0.05) is 18.7 Å². The van der Waals surface area contributed by atoms with Gasteiger partial charge in [-0.3, -0.25) is 24.1 Å². The molecule has 0 spiro atoms. The molecule has 0 N–H and O–H groups in total. The first-order valence-corrected chi connectivity index (χ1v) is 12.4. The van der Waals surface area contributed by atoms with Gasteiger partial charge in [-0.2, -0.15) is 0 Å². The third-order valence-corrected chi connectivity index (χ3v) is 7.62. The van der Waals surface area contributed by atoms with Crippen molar-refractivity contribution in [2.45, 2.75) is 46.0 Å². The predicted octanol–water partition coefficient (Wildman–Crippen LogP) is 4.13. The van der Waals surface area contributed by atoms with Crippen LogP contribution in [0.25, 0.3) is 0 Å². The second kappa shape index (κ2) is 9.29. The maximum Gasteiger partial charge on any atom is 0.316 e. The van der Waals surface area contributed by atoms with E-state index in [1.54, 1.807) is 29.2 Å². The summed E-state index contributed by atoms with van der Waals surface area (Å²) in [7, 11) is 0. The number of carbonyl (C=O) groups is 4. The van der Waals surface area contributed by atoms with Gasteiger partial charge in [0.2, 0.25) is 17.7 Å². The number of hydrogen-bond acceptors (Lipinski definition) is 5. The zero-order chi connectivity index (χ0) is 24.7. The van der Waals surface area contributed by atoms with E-state index < -0.39 is 11.9 Å². The highest BCUT2D eigenvalue weighted by Crippen LogP contribution is 2.42. The topological polar surface area (TPSA) is 84.0 Å². The molecule has 7 heteroatoms. The molecular weight excluding hydrogens is 444 g/mol. The van der Waals surface area contributed by atoms with Gasteiger partial charge >= 0.3 is 5.97 Å². The van der Waals surface area contributed by atoms with Crippen LogP contribution >= 0.6 is 0 Å². The smallest absolute Gasteiger partial charge is 0.316 e. The van der Waals surface area contributed by atoms with Gasteiger partial charge in [-0.15, -0.1) is 0 Å². The number of esters is 1. The van der Waals surface area contributed by atoms with Gasteiger partial charge in [-0.1, -0.05) is 32.0 Å². The number of ether oxygens (including phenoxy) is 1. The highest BCUT2D eigenvalue weighted by Gasteiger charge is 2.50. The van der Waals surface area contributed by atoms with Gasteiger partial charge in [0.25, 0.3) is 0 Å². The van der Waals surface area contributed by atoms with Crippen LogP contribution in [0.2, 0.25) is 0 Å².